The van der Waals surface area contributed by atoms with Crippen molar-refractivity contribution in [3.63, 3.8) is 0 Å². The van der Waals surface area contributed by atoms with Crippen LogP contribution in [0.15, 0.2) is 27.0 Å². The fourth-order valence-corrected chi connectivity index (χ4v) is 2.41. The lowest BCUT2D eigenvalue weighted by Gasteiger charge is -2.16. The highest BCUT2D eigenvalue weighted by Gasteiger charge is 2.42. The molecule has 1 aliphatic rings. The molecule has 2 heterocycles. The van der Waals surface area contributed by atoms with Gasteiger partial charge in [0.2, 0.25) is 0 Å². The Labute approximate surface area is 132 Å². The molecular formula is C12H12F2IN3O3. The van der Waals surface area contributed by atoms with Crippen molar-refractivity contribution in [2.45, 2.75) is 18.5 Å². The molecule has 0 amide bonds. The number of aromatic nitrogens is 2. The Kier molecular flexibility index (Phi) is 5.06. The van der Waals surface area contributed by atoms with Crippen LogP contribution in [0.5, 0.6) is 0 Å². The van der Waals surface area contributed by atoms with Crippen LogP contribution in [0, 0.1) is 0 Å². The number of nitrogens with zero attached hydrogens (tertiary/aromatic N) is 2. The number of anilines is 1. The van der Waals surface area contributed by atoms with Gasteiger partial charge in [-0.05, 0) is 10.2 Å². The highest BCUT2D eigenvalue weighted by molar-refractivity contribution is 14.1. The summed E-state index contributed by atoms with van der Waals surface area (Å²) in [7, 11) is 0. The molecule has 0 bridgehead atoms. The van der Waals surface area contributed by atoms with E-state index in [2.05, 4.69) is 4.98 Å². The first-order chi connectivity index (χ1) is 10.0. The van der Waals surface area contributed by atoms with Crippen LogP contribution in [0.25, 0.3) is 6.08 Å². The maximum Gasteiger partial charge on any atom is 0.351 e. The molecule has 3 atom stereocenters. The third kappa shape index (κ3) is 2.99. The molecule has 1 saturated heterocycles. The van der Waals surface area contributed by atoms with Crippen molar-refractivity contribution in [3.05, 3.63) is 38.2 Å². The molecule has 1 aromatic rings. The van der Waals surface area contributed by atoms with Crippen molar-refractivity contribution in [1.29, 1.82) is 0 Å². The van der Waals surface area contributed by atoms with Crippen molar-refractivity contribution in [2.24, 2.45) is 0 Å². The summed E-state index contributed by atoms with van der Waals surface area (Å²) >= 11 is 1.95. The number of aliphatic hydroxyl groups is 1. The van der Waals surface area contributed by atoms with E-state index in [9.17, 15) is 13.6 Å². The van der Waals surface area contributed by atoms with Gasteiger partial charge in [0.05, 0.1) is 12.9 Å². The maximum atomic E-state index is 14.2. The normalized spacial score (nSPS) is 27.8. The van der Waals surface area contributed by atoms with Crippen LogP contribution in [0.1, 0.15) is 11.8 Å². The summed E-state index contributed by atoms with van der Waals surface area (Å²) in [5.41, 5.74) is 4.83. The van der Waals surface area contributed by atoms with Crippen molar-refractivity contribution in [1.82, 2.24) is 9.55 Å². The number of rotatable bonds is 3. The number of hydrogen-bond acceptors (Lipinski definition) is 5. The highest BCUT2D eigenvalue weighted by Crippen LogP contribution is 2.35. The lowest BCUT2D eigenvalue weighted by Crippen LogP contribution is -2.31. The van der Waals surface area contributed by atoms with Gasteiger partial charge in [0.15, 0.2) is 12.4 Å². The van der Waals surface area contributed by atoms with Gasteiger partial charge < -0.3 is 15.6 Å². The van der Waals surface area contributed by atoms with Gasteiger partial charge in [0.25, 0.3) is 0 Å². The number of halogens is 3. The molecule has 0 radical (unpaired) electrons. The number of alkyl halides is 1. The van der Waals surface area contributed by atoms with Crippen molar-refractivity contribution >= 4 is 34.5 Å². The number of aliphatic hydroxyl groups excluding tert-OH is 1. The molecule has 6 nitrogen and oxygen atoms in total. The zero-order valence-corrected chi connectivity index (χ0v) is 12.8. The molecule has 0 aliphatic carbocycles. The molecule has 2 rings (SSSR count). The quantitative estimate of drug-likeness (QED) is 0.733. The first kappa shape index (κ1) is 16.0. The minimum Gasteiger partial charge on any atom is -0.393 e. The standard InChI is InChI=1S/C12H12F2IN3O3/c13-3-7-8(5-19)21-11(9(7)14)18-4-6(1-2-15)10(16)17-12(18)20/h1-4,8-9,11,19H,5H2,(H2,16,17,20)/b2-1-,7-3-. The molecule has 0 saturated carbocycles. The lowest BCUT2D eigenvalue weighted by atomic mass is 10.1. The first-order valence-electron chi connectivity index (χ1n) is 5.89. The summed E-state index contributed by atoms with van der Waals surface area (Å²) < 4.78 is 34.6. The molecule has 0 aromatic carbocycles. The van der Waals surface area contributed by atoms with Crippen LogP contribution in [-0.4, -0.2) is 33.5 Å². The summed E-state index contributed by atoms with van der Waals surface area (Å²) in [6, 6.07) is 0. The van der Waals surface area contributed by atoms with Gasteiger partial charge in [0, 0.05) is 17.3 Å². The topological polar surface area (TPSA) is 90.4 Å². The van der Waals surface area contributed by atoms with Crippen LogP contribution >= 0.6 is 22.6 Å². The molecule has 1 aromatic heterocycles. The SMILES string of the molecule is Nc1nc(=O)n(C2OC(CO)/C(=C/F)C2F)cc1/C=C\I. The molecule has 9 heteroatoms. The predicted molar refractivity (Wildman–Crippen MR) is 81.0 cm³/mol. The van der Waals surface area contributed by atoms with Crippen molar-refractivity contribution < 1.29 is 18.6 Å². The van der Waals surface area contributed by atoms with E-state index in [1.54, 1.807) is 10.2 Å². The summed E-state index contributed by atoms with van der Waals surface area (Å²) in [4.78, 5) is 15.4. The number of nitrogen functional groups attached to an aromatic ring is 1. The van der Waals surface area contributed by atoms with Gasteiger partial charge in [-0.2, -0.15) is 4.98 Å². The van der Waals surface area contributed by atoms with E-state index >= 15 is 0 Å². The van der Waals surface area contributed by atoms with E-state index < -0.39 is 30.8 Å². The van der Waals surface area contributed by atoms with Crippen LogP contribution in [0.4, 0.5) is 14.6 Å². The molecule has 114 valence electrons. The van der Waals surface area contributed by atoms with Gasteiger partial charge >= 0.3 is 5.69 Å². The second kappa shape index (κ2) is 6.62. The Morgan fingerprint density at radius 3 is 2.86 bits per heavy atom. The third-order valence-corrected chi connectivity index (χ3v) is 3.42. The number of hydrogen-bond donors (Lipinski definition) is 2. The van der Waals surface area contributed by atoms with Gasteiger partial charge in [-0.15, -0.1) is 0 Å². The monoisotopic (exact) mass is 411 g/mol. The van der Waals surface area contributed by atoms with Gasteiger partial charge in [-0.25, -0.2) is 13.6 Å². The minimum atomic E-state index is -1.90. The average molecular weight is 411 g/mol. The zero-order valence-electron chi connectivity index (χ0n) is 10.6. The molecule has 3 N–H and O–H groups in total. The summed E-state index contributed by atoms with van der Waals surface area (Å²) in [6.07, 6.45) is -1.52. The Bertz CT molecular complexity index is 647. The Hall–Kier alpha value is -1.33. The number of nitrogens with two attached hydrogens (primary N) is 1. The predicted octanol–water partition coefficient (Wildman–Crippen LogP) is 1.31. The zero-order chi connectivity index (χ0) is 15.6. The Morgan fingerprint density at radius 1 is 1.62 bits per heavy atom. The van der Waals surface area contributed by atoms with Gasteiger partial charge in [-0.1, -0.05) is 22.6 Å². The van der Waals surface area contributed by atoms with E-state index in [0.717, 1.165) is 4.57 Å². The van der Waals surface area contributed by atoms with Crippen LogP contribution in [-0.2, 0) is 4.74 Å². The second-order valence-corrected chi connectivity index (χ2v) is 4.99. The van der Waals surface area contributed by atoms with Crippen LogP contribution in [0.3, 0.4) is 0 Å². The van der Waals surface area contributed by atoms with E-state index in [-0.39, 0.29) is 17.7 Å². The summed E-state index contributed by atoms with van der Waals surface area (Å²) in [5.74, 6) is -0.00228. The maximum absolute atomic E-state index is 14.2. The lowest BCUT2D eigenvalue weighted by molar-refractivity contribution is -0.0375. The van der Waals surface area contributed by atoms with E-state index in [4.69, 9.17) is 15.6 Å². The van der Waals surface area contributed by atoms with Gasteiger partial charge in [-0.3, -0.25) is 4.57 Å². The molecule has 1 fully saturated rings. The van der Waals surface area contributed by atoms with Gasteiger partial charge in [0.1, 0.15) is 11.9 Å². The molecule has 3 unspecified atom stereocenters. The fraction of sp³-hybridized carbons (Fsp3) is 0.333. The number of ether oxygens (including phenoxy) is 1. The minimum absolute atomic E-state index is 0.00228. The second-order valence-electron chi connectivity index (χ2n) is 4.27. The highest BCUT2D eigenvalue weighted by atomic mass is 127. The molecule has 21 heavy (non-hydrogen) atoms. The first-order valence-corrected chi connectivity index (χ1v) is 7.14. The van der Waals surface area contributed by atoms with E-state index in [1.807, 2.05) is 22.6 Å². The van der Waals surface area contributed by atoms with Crippen molar-refractivity contribution in [2.75, 3.05) is 12.3 Å². The third-order valence-electron chi connectivity index (χ3n) is 3.06. The Balaban J connectivity index is 2.47. The van der Waals surface area contributed by atoms with Crippen molar-refractivity contribution in [3.8, 4) is 0 Å². The molecular weight excluding hydrogens is 399 g/mol. The summed E-state index contributed by atoms with van der Waals surface area (Å²) in [6.45, 7) is -0.593. The smallest absolute Gasteiger partial charge is 0.351 e. The van der Waals surface area contributed by atoms with E-state index in [1.165, 1.54) is 6.20 Å². The Morgan fingerprint density at radius 2 is 2.33 bits per heavy atom. The van der Waals surface area contributed by atoms with Crippen LogP contribution in [0.2, 0.25) is 0 Å². The summed E-state index contributed by atoms with van der Waals surface area (Å²) in [5, 5.41) is 9.07. The van der Waals surface area contributed by atoms with Crippen LogP contribution < -0.4 is 11.4 Å². The molecule has 0 spiro atoms. The van der Waals surface area contributed by atoms with E-state index in [0.29, 0.717) is 5.56 Å². The molecule has 1 aliphatic heterocycles. The largest absolute Gasteiger partial charge is 0.393 e. The fourth-order valence-electron chi connectivity index (χ4n) is 2.02. The average Bonchev–Trinajstić information content (AvgIpc) is 2.78.